The lowest BCUT2D eigenvalue weighted by molar-refractivity contribution is -0.137. The SMILES string of the molecule is CC(C)NCc1cc(NC(=O)c2ccc(Cl)c(NN)c2)cc(C(F)(F)F)c1.Cc1c(C(C)N)cnn1C. The Balaban J connectivity index is 0.000000402. The predicted octanol–water partition coefficient (Wildman–Crippen LogP) is 5.14. The number of nitrogens with zero attached hydrogens (tertiary/aromatic N) is 2. The molecule has 8 nitrogen and oxygen atoms in total. The fourth-order valence-corrected chi connectivity index (χ4v) is 3.47. The van der Waals surface area contributed by atoms with Crippen LogP contribution < -0.4 is 27.6 Å². The summed E-state index contributed by atoms with van der Waals surface area (Å²) >= 11 is 5.91. The van der Waals surface area contributed by atoms with Gasteiger partial charge in [0, 0.05) is 48.2 Å². The number of nitrogens with one attached hydrogen (secondary N) is 3. The van der Waals surface area contributed by atoms with E-state index in [0.717, 1.165) is 23.4 Å². The monoisotopic (exact) mass is 539 g/mol. The molecule has 1 aromatic heterocycles. The second kappa shape index (κ2) is 12.9. The molecule has 1 heterocycles. The van der Waals surface area contributed by atoms with Crippen molar-refractivity contribution in [1.29, 1.82) is 0 Å². The van der Waals surface area contributed by atoms with Gasteiger partial charge in [-0.2, -0.15) is 18.3 Å². The van der Waals surface area contributed by atoms with Crippen molar-refractivity contribution in [1.82, 2.24) is 15.1 Å². The molecule has 0 saturated carbocycles. The summed E-state index contributed by atoms with van der Waals surface area (Å²) in [6.45, 7) is 8.00. The minimum Gasteiger partial charge on any atom is -0.324 e. The highest BCUT2D eigenvalue weighted by atomic mass is 35.5. The molecule has 202 valence electrons. The number of carbonyl (C=O) groups is 1. The normalized spacial score (nSPS) is 12.1. The molecule has 2 aromatic carbocycles. The van der Waals surface area contributed by atoms with Gasteiger partial charge < -0.3 is 21.8 Å². The summed E-state index contributed by atoms with van der Waals surface area (Å²) in [5.41, 5.74) is 10.5. The number of hydrazine groups is 1. The van der Waals surface area contributed by atoms with E-state index < -0.39 is 17.6 Å². The number of halogens is 4. The second-order valence-electron chi connectivity index (χ2n) is 8.84. The Bertz CT molecular complexity index is 1210. The number of nitrogens with two attached hydrogens (primary N) is 2. The Morgan fingerprint density at radius 2 is 1.84 bits per heavy atom. The van der Waals surface area contributed by atoms with Crippen LogP contribution in [0.2, 0.25) is 5.02 Å². The average molecular weight is 540 g/mol. The van der Waals surface area contributed by atoms with E-state index >= 15 is 0 Å². The van der Waals surface area contributed by atoms with Crippen LogP contribution in [0.3, 0.4) is 0 Å². The molecule has 0 bridgehead atoms. The van der Waals surface area contributed by atoms with E-state index in [1.807, 2.05) is 45.6 Å². The summed E-state index contributed by atoms with van der Waals surface area (Å²) in [6.07, 6.45) is -2.70. The molecule has 0 saturated heterocycles. The number of nitrogen functional groups attached to an aromatic ring is 1. The Labute approximate surface area is 219 Å². The fraction of sp³-hybridized carbons (Fsp3) is 0.360. The van der Waals surface area contributed by atoms with E-state index in [1.54, 1.807) is 0 Å². The van der Waals surface area contributed by atoms with Crippen LogP contribution in [0.4, 0.5) is 24.5 Å². The van der Waals surface area contributed by atoms with Crippen molar-refractivity contribution in [3.05, 3.63) is 75.6 Å². The van der Waals surface area contributed by atoms with Gasteiger partial charge in [-0.3, -0.25) is 15.3 Å². The predicted molar refractivity (Wildman–Crippen MR) is 141 cm³/mol. The average Bonchev–Trinajstić information content (AvgIpc) is 3.16. The van der Waals surface area contributed by atoms with Gasteiger partial charge in [-0.15, -0.1) is 0 Å². The molecule has 0 aliphatic carbocycles. The number of amides is 1. The third-order valence-corrected chi connectivity index (χ3v) is 5.77. The highest BCUT2D eigenvalue weighted by Crippen LogP contribution is 2.32. The molecule has 37 heavy (non-hydrogen) atoms. The first kappa shape index (κ1) is 30.1. The van der Waals surface area contributed by atoms with Crippen molar-refractivity contribution in [2.75, 3.05) is 10.7 Å². The van der Waals surface area contributed by atoms with E-state index in [1.165, 1.54) is 24.3 Å². The first-order valence-electron chi connectivity index (χ1n) is 11.5. The molecule has 3 rings (SSSR count). The third-order valence-electron chi connectivity index (χ3n) is 5.44. The van der Waals surface area contributed by atoms with Crippen molar-refractivity contribution >= 4 is 28.9 Å². The number of aryl methyl sites for hydroxylation is 1. The highest BCUT2D eigenvalue weighted by molar-refractivity contribution is 6.33. The van der Waals surface area contributed by atoms with E-state index in [0.29, 0.717) is 16.3 Å². The van der Waals surface area contributed by atoms with Gasteiger partial charge in [-0.1, -0.05) is 25.4 Å². The lowest BCUT2D eigenvalue weighted by Crippen LogP contribution is -2.22. The number of hydrogen-bond donors (Lipinski definition) is 5. The standard InChI is InChI=1S/C18H20ClF3N4O.C7H13N3/c1-10(2)24-9-11-5-13(18(20,21)22)8-14(6-11)25-17(27)12-3-4-15(19)16(7-12)26-23;1-5(8)7-4-9-10(3)6(7)2/h3-8,10,24,26H,9,23H2,1-2H3,(H,25,27);4-5H,8H2,1-3H3. The van der Waals surface area contributed by atoms with Gasteiger partial charge in [0.1, 0.15) is 0 Å². The van der Waals surface area contributed by atoms with Crippen molar-refractivity contribution in [2.24, 2.45) is 18.6 Å². The van der Waals surface area contributed by atoms with Gasteiger partial charge >= 0.3 is 6.18 Å². The lowest BCUT2D eigenvalue weighted by atomic mass is 10.1. The number of hydrogen-bond acceptors (Lipinski definition) is 6. The minimum absolute atomic E-state index is 0.0487. The lowest BCUT2D eigenvalue weighted by Gasteiger charge is -2.15. The molecule has 3 aromatic rings. The fourth-order valence-electron chi connectivity index (χ4n) is 3.29. The molecule has 0 aliphatic heterocycles. The molecule has 12 heteroatoms. The summed E-state index contributed by atoms with van der Waals surface area (Å²) in [5, 5.41) is 9.94. The molecule has 0 spiro atoms. The zero-order valence-electron chi connectivity index (χ0n) is 21.4. The van der Waals surface area contributed by atoms with Gasteiger partial charge in [0.05, 0.1) is 22.5 Å². The quantitative estimate of drug-likeness (QED) is 0.209. The largest absolute Gasteiger partial charge is 0.416 e. The maximum Gasteiger partial charge on any atom is 0.416 e. The van der Waals surface area contributed by atoms with Crippen LogP contribution in [-0.4, -0.2) is 21.7 Å². The van der Waals surface area contributed by atoms with Gasteiger partial charge in [0.15, 0.2) is 0 Å². The number of rotatable bonds is 7. The van der Waals surface area contributed by atoms with Crippen molar-refractivity contribution in [3.8, 4) is 0 Å². The van der Waals surface area contributed by atoms with Crippen LogP contribution in [0.5, 0.6) is 0 Å². The van der Waals surface area contributed by atoms with E-state index in [9.17, 15) is 18.0 Å². The number of carbonyl (C=O) groups excluding carboxylic acids is 1. The van der Waals surface area contributed by atoms with E-state index in [-0.39, 0.29) is 29.9 Å². The zero-order chi connectivity index (χ0) is 27.9. The van der Waals surface area contributed by atoms with Crippen LogP contribution in [0.15, 0.2) is 42.6 Å². The number of aromatic nitrogens is 2. The van der Waals surface area contributed by atoms with Gasteiger partial charge in [0.2, 0.25) is 0 Å². The van der Waals surface area contributed by atoms with Crippen LogP contribution in [-0.2, 0) is 19.8 Å². The van der Waals surface area contributed by atoms with E-state index in [4.69, 9.17) is 23.2 Å². The van der Waals surface area contributed by atoms with Crippen LogP contribution in [0.25, 0.3) is 0 Å². The molecule has 1 unspecified atom stereocenters. The van der Waals surface area contributed by atoms with Crippen molar-refractivity contribution in [3.63, 3.8) is 0 Å². The number of anilines is 2. The molecule has 0 aliphatic rings. The molecule has 0 radical (unpaired) electrons. The minimum atomic E-state index is -4.52. The first-order valence-corrected chi connectivity index (χ1v) is 11.9. The summed E-state index contributed by atoms with van der Waals surface area (Å²) < 4.78 is 41.4. The molecular weight excluding hydrogens is 507 g/mol. The summed E-state index contributed by atoms with van der Waals surface area (Å²) in [7, 11) is 1.92. The van der Waals surface area contributed by atoms with Crippen molar-refractivity contribution < 1.29 is 18.0 Å². The maximum absolute atomic E-state index is 13.2. The number of alkyl halides is 3. The Morgan fingerprint density at radius 3 is 2.32 bits per heavy atom. The van der Waals surface area contributed by atoms with Gasteiger partial charge in [0.25, 0.3) is 5.91 Å². The summed E-state index contributed by atoms with van der Waals surface area (Å²) in [6, 6.07) is 7.98. The van der Waals surface area contributed by atoms with Crippen molar-refractivity contribution in [2.45, 2.75) is 52.5 Å². The maximum atomic E-state index is 13.2. The molecule has 7 N–H and O–H groups in total. The van der Waals surface area contributed by atoms with Gasteiger partial charge in [-0.05, 0) is 55.8 Å². The Hall–Kier alpha value is -3.12. The third kappa shape index (κ3) is 8.74. The zero-order valence-corrected chi connectivity index (χ0v) is 22.1. The topological polar surface area (TPSA) is 123 Å². The molecule has 1 amide bonds. The highest BCUT2D eigenvalue weighted by Gasteiger charge is 2.31. The second-order valence-corrected chi connectivity index (χ2v) is 9.25. The van der Waals surface area contributed by atoms with Crippen LogP contribution >= 0.6 is 11.6 Å². The molecule has 0 fully saturated rings. The first-order chi connectivity index (χ1) is 17.2. The Morgan fingerprint density at radius 1 is 1.16 bits per heavy atom. The molecule has 1 atom stereocenters. The van der Waals surface area contributed by atoms with Crippen LogP contribution in [0, 0.1) is 6.92 Å². The Kier molecular flexibility index (Phi) is 10.5. The molecular formula is C25H33ClF3N7O. The van der Waals surface area contributed by atoms with E-state index in [2.05, 4.69) is 21.2 Å². The van der Waals surface area contributed by atoms with Gasteiger partial charge in [-0.25, -0.2) is 0 Å². The number of benzene rings is 2. The van der Waals surface area contributed by atoms with Crippen LogP contribution in [0.1, 0.15) is 59.6 Å². The smallest absolute Gasteiger partial charge is 0.324 e. The summed E-state index contributed by atoms with van der Waals surface area (Å²) in [4.78, 5) is 12.4. The summed E-state index contributed by atoms with van der Waals surface area (Å²) in [5.74, 6) is 4.74.